The number of aromatic nitrogens is 3. The lowest BCUT2D eigenvalue weighted by Crippen LogP contribution is -2.37. The van der Waals surface area contributed by atoms with E-state index < -0.39 is 15.9 Å². The minimum atomic E-state index is -4.23. The average molecular weight is 542 g/mol. The molecule has 3 aromatic heterocycles. The second-order valence-corrected chi connectivity index (χ2v) is 11.8. The van der Waals surface area contributed by atoms with Crippen LogP contribution in [0, 0.1) is 5.92 Å². The quantitative estimate of drug-likeness (QED) is 0.374. The third-order valence-corrected chi connectivity index (χ3v) is 8.23. The summed E-state index contributed by atoms with van der Waals surface area (Å²) in [6.45, 7) is 10.5. The predicted octanol–water partition coefficient (Wildman–Crippen LogP) is 4.57. The van der Waals surface area contributed by atoms with Gasteiger partial charge in [0.05, 0.1) is 11.3 Å². The molecule has 38 heavy (non-hydrogen) atoms. The normalized spacial score (nSPS) is 18.4. The molecule has 4 heterocycles. The highest BCUT2D eigenvalue weighted by Gasteiger charge is 2.33. The minimum Gasteiger partial charge on any atom is -0.384 e. The number of carbonyl (C=O) groups is 1. The first kappa shape index (κ1) is 27.3. The molecule has 4 N–H and O–H groups in total. The third-order valence-electron chi connectivity index (χ3n) is 7.00. The molecule has 206 valence electrons. The smallest absolute Gasteiger partial charge is 0.281 e. The molecular formula is C27H39N7O3S. The van der Waals surface area contributed by atoms with Gasteiger partial charge in [0.1, 0.15) is 17.5 Å². The number of rotatable bonds is 8. The van der Waals surface area contributed by atoms with Crippen LogP contribution in [-0.4, -0.2) is 47.4 Å². The zero-order chi connectivity index (χ0) is 27.6. The Morgan fingerprint density at radius 3 is 2.37 bits per heavy atom. The molecule has 0 saturated carbocycles. The van der Waals surface area contributed by atoms with Gasteiger partial charge in [0.2, 0.25) is 0 Å². The molecule has 3 aromatic rings. The van der Waals surface area contributed by atoms with Crippen molar-refractivity contribution in [1.29, 1.82) is 0 Å². The third kappa shape index (κ3) is 5.88. The molecule has 0 aromatic carbocycles. The molecular weight excluding hydrogens is 502 g/mol. The van der Waals surface area contributed by atoms with Crippen LogP contribution in [0.3, 0.4) is 0 Å². The van der Waals surface area contributed by atoms with Crippen molar-refractivity contribution in [2.24, 2.45) is 5.92 Å². The summed E-state index contributed by atoms with van der Waals surface area (Å²) < 4.78 is 27.9. The molecule has 1 aliphatic rings. The van der Waals surface area contributed by atoms with Gasteiger partial charge in [0.25, 0.3) is 15.9 Å². The summed E-state index contributed by atoms with van der Waals surface area (Å²) in [5.41, 5.74) is 7.23. The first-order chi connectivity index (χ1) is 18.0. The second-order valence-electron chi connectivity index (χ2n) is 10.2. The monoisotopic (exact) mass is 541 g/mol. The zero-order valence-electron chi connectivity index (χ0n) is 22.3. The van der Waals surface area contributed by atoms with Crippen molar-refractivity contribution in [3.8, 4) is 11.3 Å². The Hall–Kier alpha value is -3.73. The molecule has 0 spiro atoms. The van der Waals surface area contributed by atoms with E-state index in [-0.39, 0.29) is 37.4 Å². The summed E-state index contributed by atoms with van der Waals surface area (Å²) in [4.78, 5) is 28.6. The van der Waals surface area contributed by atoms with Crippen LogP contribution in [0.4, 0.5) is 17.5 Å². The lowest BCUT2D eigenvalue weighted by Gasteiger charge is -2.29. The first-order valence-electron chi connectivity index (χ1n) is 12.8. The number of hydrogen-bond donors (Lipinski definition) is 3. The van der Waals surface area contributed by atoms with Crippen molar-refractivity contribution in [3.05, 3.63) is 54.2 Å². The Morgan fingerprint density at radius 2 is 1.76 bits per heavy atom. The number of nitrogens with two attached hydrogens (primary N) is 1. The van der Waals surface area contributed by atoms with Crippen LogP contribution in [0.2, 0.25) is 0 Å². The standard InChI is InChI=1S/C27H35N7O3S.2H2/c1-16(2)19(5)30-24-14-11-20(15-29-24)22-13-12-21(26(31-22)34-17(3)9-10-18(34)4)27(35)33-38(36,37)25-8-6-7-23(28)32-25;;/h6-8,11-19H,9-10H2,1-5H3,(H2,28,32)(H,29,30)(H,33,35);2*1H/t17-,18+,19-;;/m1../s1. The molecule has 1 fully saturated rings. The average Bonchev–Trinajstić information content (AvgIpc) is 3.21. The van der Waals surface area contributed by atoms with Crippen molar-refractivity contribution in [2.75, 3.05) is 16.0 Å². The number of pyridine rings is 3. The molecule has 3 atom stereocenters. The number of sulfonamides is 1. The van der Waals surface area contributed by atoms with E-state index in [9.17, 15) is 13.2 Å². The van der Waals surface area contributed by atoms with E-state index >= 15 is 0 Å². The molecule has 0 radical (unpaired) electrons. The number of nitrogens with zero attached hydrogens (tertiary/aromatic N) is 4. The summed E-state index contributed by atoms with van der Waals surface area (Å²) in [6.07, 6.45) is 3.62. The van der Waals surface area contributed by atoms with Crippen LogP contribution < -0.4 is 20.7 Å². The maximum absolute atomic E-state index is 13.3. The lowest BCUT2D eigenvalue weighted by atomic mass is 10.1. The van der Waals surface area contributed by atoms with E-state index in [1.807, 2.05) is 12.1 Å². The van der Waals surface area contributed by atoms with Crippen molar-refractivity contribution < 1.29 is 16.1 Å². The Balaban J connectivity index is 0.00000280. The molecule has 1 amide bonds. The van der Waals surface area contributed by atoms with Crippen molar-refractivity contribution in [3.63, 3.8) is 0 Å². The second kappa shape index (κ2) is 10.9. The van der Waals surface area contributed by atoms with Crippen LogP contribution >= 0.6 is 0 Å². The summed E-state index contributed by atoms with van der Waals surface area (Å²) in [5, 5.41) is 3.06. The molecule has 10 nitrogen and oxygen atoms in total. The van der Waals surface area contributed by atoms with Gasteiger partial charge in [-0.2, -0.15) is 8.42 Å². The van der Waals surface area contributed by atoms with Crippen LogP contribution in [-0.2, 0) is 10.0 Å². The summed E-state index contributed by atoms with van der Waals surface area (Å²) in [5.74, 6) is 0.926. The van der Waals surface area contributed by atoms with Crippen LogP contribution in [0.25, 0.3) is 11.3 Å². The highest BCUT2D eigenvalue weighted by Crippen LogP contribution is 2.33. The summed E-state index contributed by atoms with van der Waals surface area (Å²) >= 11 is 0. The van der Waals surface area contributed by atoms with Gasteiger partial charge in [-0.15, -0.1) is 0 Å². The fourth-order valence-electron chi connectivity index (χ4n) is 4.44. The van der Waals surface area contributed by atoms with Gasteiger partial charge in [-0.1, -0.05) is 19.9 Å². The SMILES string of the molecule is CC(C)[C@@H](C)Nc1ccc(-c2ccc(C(=O)NS(=O)(=O)c3cccc(N)n3)c(N3[C@H](C)CC[C@@H]3C)n2)cn1.[HH].[HH]. The van der Waals surface area contributed by atoms with E-state index in [0.717, 1.165) is 24.2 Å². The minimum absolute atomic E-state index is 0. The maximum Gasteiger partial charge on any atom is 0.281 e. The summed E-state index contributed by atoms with van der Waals surface area (Å²) in [6, 6.07) is 11.9. The lowest BCUT2D eigenvalue weighted by molar-refractivity contribution is 0.0981. The van der Waals surface area contributed by atoms with E-state index in [0.29, 0.717) is 17.4 Å². The molecule has 0 aliphatic carbocycles. The zero-order valence-corrected chi connectivity index (χ0v) is 23.2. The fourth-order valence-corrected chi connectivity index (χ4v) is 5.38. The van der Waals surface area contributed by atoms with E-state index in [2.05, 4.69) is 59.5 Å². The van der Waals surface area contributed by atoms with Gasteiger partial charge < -0.3 is 16.0 Å². The maximum atomic E-state index is 13.3. The van der Waals surface area contributed by atoms with Gasteiger partial charge >= 0.3 is 0 Å². The van der Waals surface area contributed by atoms with Crippen molar-refractivity contribution >= 4 is 33.4 Å². The van der Waals surface area contributed by atoms with Crippen molar-refractivity contribution in [2.45, 2.75) is 70.6 Å². The molecule has 0 bridgehead atoms. The number of amides is 1. The highest BCUT2D eigenvalue weighted by molar-refractivity contribution is 7.90. The Labute approximate surface area is 227 Å². The Bertz CT molecular complexity index is 1410. The van der Waals surface area contributed by atoms with E-state index in [1.165, 1.54) is 18.2 Å². The topological polar surface area (TPSA) is 143 Å². The number of nitrogens with one attached hydrogen (secondary N) is 2. The van der Waals surface area contributed by atoms with Crippen LogP contribution in [0.5, 0.6) is 0 Å². The van der Waals surface area contributed by atoms with Crippen LogP contribution in [0.15, 0.2) is 53.7 Å². The molecule has 11 heteroatoms. The van der Waals surface area contributed by atoms with E-state index in [1.54, 1.807) is 18.3 Å². The predicted molar refractivity (Wildman–Crippen MR) is 154 cm³/mol. The molecule has 1 saturated heterocycles. The van der Waals surface area contributed by atoms with Gasteiger partial charge in [-0.25, -0.2) is 19.7 Å². The number of carbonyl (C=O) groups excluding carboxylic acids is 1. The number of hydrogen-bond acceptors (Lipinski definition) is 9. The van der Waals surface area contributed by atoms with Crippen molar-refractivity contribution in [1.82, 2.24) is 19.7 Å². The van der Waals surface area contributed by atoms with Gasteiger partial charge in [0.15, 0.2) is 5.03 Å². The molecule has 4 rings (SSSR count). The molecule has 1 aliphatic heterocycles. The number of anilines is 3. The van der Waals surface area contributed by atoms with Gasteiger partial charge in [-0.05, 0) is 75.9 Å². The summed E-state index contributed by atoms with van der Waals surface area (Å²) in [7, 11) is -4.23. The van der Waals surface area contributed by atoms with E-state index in [4.69, 9.17) is 10.7 Å². The van der Waals surface area contributed by atoms with Gasteiger partial charge in [0, 0.05) is 32.7 Å². The van der Waals surface area contributed by atoms with Crippen LogP contribution in [0.1, 0.15) is 60.7 Å². The number of nitrogen functional groups attached to an aromatic ring is 1. The Morgan fingerprint density at radius 1 is 1.05 bits per heavy atom. The Kier molecular flexibility index (Phi) is 7.86. The largest absolute Gasteiger partial charge is 0.384 e. The van der Waals surface area contributed by atoms with Gasteiger partial charge in [-0.3, -0.25) is 4.79 Å². The first-order valence-corrected chi connectivity index (χ1v) is 14.3. The molecule has 0 unspecified atom stereocenters. The fraction of sp³-hybridized carbons (Fsp3) is 0.407. The highest BCUT2D eigenvalue weighted by atomic mass is 32.2.